The standard InChI is InChI=1S/C14H32N.CH2O3/c1-5-6-7-8-9-10-11-12-13-14-15(2,3)4;2-1(3)4/h5-14H2,1-4H3;(H2,2,3,4)/q+1;/p-1. The van der Waals surface area contributed by atoms with E-state index < -0.39 is 6.16 Å². The minimum absolute atomic E-state index is 1.12. The summed E-state index contributed by atoms with van der Waals surface area (Å²) in [5, 5.41) is 15.3. The van der Waals surface area contributed by atoms with E-state index in [1.807, 2.05) is 0 Å². The van der Waals surface area contributed by atoms with Crippen LogP contribution in [-0.4, -0.2) is 43.4 Å². The van der Waals surface area contributed by atoms with Crippen LogP contribution in [0.4, 0.5) is 4.79 Å². The fourth-order valence-electron chi connectivity index (χ4n) is 1.90. The number of hydrogen-bond acceptors (Lipinski definition) is 2. The van der Waals surface area contributed by atoms with Crippen LogP contribution in [0.1, 0.15) is 64.7 Å². The number of hydrogen-bond donors (Lipinski definition) is 1. The average molecular weight is 275 g/mol. The van der Waals surface area contributed by atoms with E-state index in [4.69, 9.17) is 15.0 Å². The lowest BCUT2D eigenvalue weighted by molar-refractivity contribution is -0.870. The van der Waals surface area contributed by atoms with Gasteiger partial charge in [-0.25, -0.2) is 0 Å². The van der Waals surface area contributed by atoms with Gasteiger partial charge in [-0.3, -0.25) is 0 Å². The number of nitrogens with zero attached hydrogens (tertiary/aromatic N) is 1. The van der Waals surface area contributed by atoms with Crippen molar-refractivity contribution in [1.29, 1.82) is 0 Å². The highest BCUT2D eigenvalue weighted by Gasteiger charge is 2.04. The van der Waals surface area contributed by atoms with Crippen molar-refractivity contribution in [3.05, 3.63) is 0 Å². The molecule has 0 bridgehead atoms. The second-order valence-corrected chi connectivity index (χ2v) is 6.11. The van der Waals surface area contributed by atoms with Crippen molar-refractivity contribution >= 4 is 6.16 Å². The largest absolute Gasteiger partial charge is 0.565 e. The van der Waals surface area contributed by atoms with Gasteiger partial charge in [0.1, 0.15) is 0 Å². The summed E-state index contributed by atoms with van der Waals surface area (Å²) in [6.07, 6.45) is 10.8. The summed E-state index contributed by atoms with van der Waals surface area (Å²) in [4.78, 5) is 8.44. The van der Waals surface area contributed by atoms with Gasteiger partial charge in [0.2, 0.25) is 6.16 Å². The summed E-state index contributed by atoms with van der Waals surface area (Å²) >= 11 is 0. The van der Waals surface area contributed by atoms with Crippen LogP contribution in [0.3, 0.4) is 0 Å². The Labute approximate surface area is 119 Å². The van der Waals surface area contributed by atoms with Crippen molar-refractivity contribution in [2.45, 2.75) is 64.7 Å². The quantitative estimate of drug-likeness (QED) is 0.492. The minimum Gasteiger partial charge on any atom is -0.565 e. The predicted molar refractivity (Wildman–Crippen MR) is 78.2 cm³/mol. The van der Waals surface area contributed by atoms with Crippen LogP contribution in [0.15, 0.2) is 0 Å². The molecule has 0 amide bonds. The second-order valence-electron chi connectivity index (χ2n) is 6.11. The molecule has 0 rings (SSSR count). The number of unbranched alkanes of at least 4 members (excludes halogenated alkanes) is 8. The molecule has 0 saturated carbocycles. The molecule has 0 fully saturated rings. The number of carboxylic acid groups (broad SMARTS) is 2. The van der Waals surface area contributed by atoms with E-state index in [9.17, 15) is 0 Å². The number of quaternary nitrogens is 1. The first-order valence-corrected chi connectivity index (χ1v) is 7.50. The molecule has 0 aliphatic rings. The molecule has 0 aromatic rings. The van der Waals surface area contributed by atoms with Gasteiger partial charge in [-0.1, -0.05) is 51.9 Å². The van der Waals surface area contributed by atoms with Gasteiger partial charge in [-0.2, -0.15) is 0 Å². The molecule has 0 unspecified atom stereocenters. The highest BCUT2D eigenvalue weighted by atomic mass is 16.6. The lowest BCUT2D eigenvalue weighted by Gasteiger charge is -2.23. The average Bonchev–Trinajstić information content (AvgIpc) is 2.24. The lowest BCUT2D eigenvalue weighted by Crippen LogP contribution is -2.35. The first-order chi connectivity index (χ1) is 8.79. The van der Waals surface area contributed by atoms with Crippen LogP contribution >= 0.6 is 0 Å². The van der Waals surface area contributed by atoms with Crippen molar-refractivity contribution in [2.24, 2.45) is 0 Å². The van der Waals surface area contributed by atoms with Crippen LogP contribution in [0, 0.1) is 0 Å². The van der Waals surface area contributed by atoms with Gasteiger partial charge in [-0.15, -0.1) is 0 Å². The molecule has 116 valence electrons. The van der Waals surface area contributed by atoms with Crippen LogP contribution in [0.25, 0.3) is 0 Å². The third kappa shape index (κ3) is 31.7. The van der Waals surface area contributed by atoms with E-state index >= 15 is 0 Å². The fourth-order valence-corrected chi connectivity index (χ4v) is 1.90. The smallest absolute Gasteiger partial charge is 0.249 e. The van der Waals surface area contributed by atoms with E-state index in [-0.39, 0.29) is 0 Å². The summed E-state index contributed by atoms with van der Waals surface area (Å²) in [5.41, 5.74) is 0. The van der Waals surface area contributed by atoms with E-state index in [2.05, 4.69) is 28.1 Å². The Morgan fingerprint density at radius 2 is 1.21 bits per heavy atom. The molecule has 0 radical (unpaired) electrons. The Balaban J connectivity index is 0. The highest BCUT2D eigenvalue weighted by Crippen LogP contribution is 2.10. The maximum absolute atomic E-state index is 8.44. The maximum atomic E-state index is 8.44. The third-order valence-corrected chi connectivity index (χ3v) is 2.93. The van der Waals surface area contributed by atoms with Crippen LogP contribution < -0.4 is 5.11 Å². The predicted octanol–water partition coefficient (Wildman–Crippen LogP) is 3.11. The van der Waals surface area contributed by atoms with Crippen LogP contribution in [0.5, 0.6) is 0 Å². The zero-order chi connectivity index (χ0) is 15.1. The van der Waals surface area contributed by atoms with Crippen LogP contribution in [-0.2, 0) is 0 Å². The van der Waals surface area contributed by atoms with Gasteiger partial charge in [0.25, 0.3) is 0 Å². The van der Waals surface area contributed by atoms with Gasteiger partial charge in [0.15, 0.2) is 0 Å². The topological polar surface area (TPSA) is 60.4 Å². The van der Waals surface area contributed by atoms with Crippen molar-refractivity contribution in [1.82, 2.24) is 0 Å². The Kier molecular flexibility index (Phi) is 14.8. The molecule has 0 aliphatic carbocycles. The van der Waals surface area contributed by atoms with Crippen molar-refractivity contribution in [2.75, 3.05) is 27.7 Å². The van der Waals surface area contributed by atoms with Crippen molar-refractivity contribution in [3.63, 3.8) is 0 Å². The first kappa shape index (κ1) is 20.5. The van der Waals surface area contributed by atoms with Gasteiger partial charge in [0, 0.05) is 0 Å². The molecule has 0 spiro atoms. The fraction of sp³-hybridized carbons (Fsp3) is 0.933. The molecule has 1 N–H and O–H groups in total. The van der Waals surface area contributed by atoms with E-state index in [0.29, 0.717) is 0 Å². The summed E-state index contributed by atoms with van der Waals surface area (Å²) in [7, 11) is 6.85. The van der Waals surface area contributed by atoms with E-state index in [0.717, 1.165) is 4.48 Å². The summed E-state index contributed by atoms with van der Waals surface area (Å²) in [5.74, 6) is 0. The molecule has 0 aromatic carbocycles. The summed E-state index contributed by atoms with van der Waals surface area (Å²) in [6.45, 7) is 3.61. The molecule has 0 aromatic heterocycles. The first-order valence-electron chi connectivity index (χ1n) is 7.50. The zero-order valence-electron chi connectivity index (χ0n) is 13.3. The molecular weight excluding hydrogens is 242 g/mol. The SMILES string of the molecule is CCCCCCCCCCC[N+](C)(C)C.O=C([O-])O. The zero-order valence-corrected chi connectivity index (χ0v) is 13.3. The van der Waals surface area contributed by atoms with Gasteiger partial charge < -0.3 is 19.5 Å². The van der Waals surface area contributed by atoms with Gasteiger partial charge in [-0.05, 0) is 12.8 Å². The Bertz CT molecular complexity index is 196. The molecule has 4 nitrogen and oxygen atoms in total. The summed E-state index contributed by atoms with van der Waals surface area (Å²) in [6, 6.07) is 0. The van der Waals surface area contributed by atoms with Crippen molar-refractivity contribution < 1.29 is 19.5 Å². The minimum atomic E-state index is -2.08. The molecular formula is C15H33NO3. The Hall–Kier alpha value is -0.770. The number of rotatable bonds is 10. The van der Waals surface area contributed by atoms with E-state index in [1.54, 1.807) is 0 Å². The Morgan fingerprint density at radius 1 is 0.895 bits per heavy atom. The van der Waals surface area contributed by atoms with Gasteiger partial charge in [0.05, 0.1) is 27.7 Å². The molecule has 0 atom stereocenters. The normalized spacial score (nSPS) is 10.7. The maximum Gasteiger partial charge on any atom is 0.249 e. The monoisotopic (exact) mass is 275 g/mol. The van der Waals surface area contributed by atoms with Crippen molar-refractivity contribution in [3.8, 4) is 0 Å². The van der Waals surface area contributed by atoms with Gasteiger partial charge >= 0.3 is 0 Å². The number of carbonyl (C=O) groups is 1. The summed E-state index contributed by atoms with van der Waals surface area (Å²) < 4.78 is 1.12. The molecule has 19 heavy (non-hydrogen) atoms. The lowest BCUT2D eigenvalue weighted by atomic mass is 10.1. The highest BCUT2D eigenvalue weighted by molar-refractivity contribution is 5.50. The Morgan fingerprint density at radius 3 is 1.53 bits per heavy atom. The molecule has 4 heteroatoms. The van der Waals surface area contributed by atoms with E-state index in [1.165, 1.54) is 64.3 Å². The third-order valence-electron chi connectivity index (χ3n) is 2.93. The molecule has 0 saturated heterocycles. The second kappa shape index (κ2) is 13.7. The molecule has 0 aliphatic heterocycles. The van der Waals surface area contributed by atoms with Crippen LogP contribution in [0.2, 0.25) is 0 Å². The molecule has 0 heterocycles.